The number of aliphatic hydroxyl groups excluding tert-OH is 1. The fourth-order valence-corrected chi connectivity index (χ4v) is 2.63. The number of amides is 1. The van der Waals surface area contributed by atoms with Gasteiger partial charge < -0.3 is 21.1 Å². The summed E-state index contributed by atoms with van der Waals surface area (Å²) in [6.45, 7) is 7.77. The van der Waals surface area contributed by atoms with Crippen molar-refractivity contribution in [2.45, 2.75) is 38.8 Å². The summed E-state index contributed by atoms with van der Waals surface area (Å²) in [6, 6.07) is 7.98. The summed E-state index contributed by atoms with van der Waals surface area (Å²) in [5, 5.41) is 19.3. The van der Waals surface area contributed by atoms with Crippen LogP contribution in [-0.2, 0) is 4.79 Å². The Morgan fingerprint density at radius 3 is 2.68 bits per heavy atom. The van der Waals surface area contributed by atoms with E-state index in [0.29, 0.717) is 13.1 Å². The Bertz CT molecular complexity index is 499. The summed E-state index contributed by atoms with van der Waals surface area (Å²) < 4.78 is 0. The predicted molar refractivity (Wildman–Crippen MR) is 88.9 cm³/mol. The average Bonchev–Trinajstić information content (AvgIpc) is 2.48. The number of β-amino-alcohol motifs (C(OH)–C–C–N with tert-alkyl or cyclic N) is 1. The molecule has 5 nitrogen and oxygen atoms in total. The second-order valence-corrected chi connectivity index (χ2v) is 6.65. The van der Waals surface area contributed by atoms with Crippen LogP contribution in [0.4, 0.5) is 5.69 Å². The molecule has 1 aliphatic heterocycles. The van der Waals surface area contributed by atoms with Gasteiger partial charge in [0.15, 0.2) is 0 Å². The Hall–Kier alpha value is -1.59. The molecule has 4 N–H and O–H groups in total. The molecule has 2 atom stereocenters. The number of piperidine rings is 1. The van der Waals surface area contributed by atoms with Crippen LogP contribution in [0, 0.1) is 12.8 Å². The molecule has 0 aliphatic carbocycles. The zero-order chi connectivity index (χ0) is 16.2. The van der Waals surface area contributed by atoms with Crippen LogP contribution in [0.2, 0.25) is 0 Å². The van der Waals surface area contributed by atoms with Gasteiger partial charge in [0.25, 0.3) is 0 Å². The van der Waals surface area contributed by atoms with Gasteiger partial charge in [0, 0.05) is 24.7 Å². The highest BCUT2D eigenvalue weighted by Gasteiger charge is 2.29. The highest BCUT2D eigenvalue weighted by molar-refractivity contribution is 5.88. The number of nitrogens with one attached hydrogen (secondary N) is 3. The second kappa shape index (κ2) is 7.11. The molecule has 1 fully saturated rings. The van der Waals surface area contributed by atoms with E-state index in [2.05, 4.69) is 16.0 Å². The largest absolute Gasteiger partial charge is 0.391 e. The number of rotatable bonds is 5. The van der Waals surface area contributed by atoms with Gasteiger partial charge in [-0.15, -0.1) is 0 Å². The van der Waals surface area contributed by atoms with Crippen molar-refractivity contribution >= 4 is 11.6 Å². The maximum absolute atomic E-state index is 12.4. The van der Waals surface area contributed by atoms with Gasteiger partial charge in [0.2, 0.25) is 5.91 Å². The first-order valence-corrected chi connectivity index (χ1v) is 7.90. The number of anilines is 1. The Morgan fingerprint density at radius 1 is 1.36 bits per heavy atom. The zero-order valence-electron chi connectivity index (χ0n) is 13.6. The maximum Gasteiger partial charge on any atom is 0.245 e. The number of carbonyl (C=O) groups is 1. The standard InChI is InChI=1S/C17H27N3O2/c1-12-4-6-14(7-5-12)20-17(2,3)16(22)19-10-13-8-9-18-11-15(13)21/h4-7,13,15,18,20-21H,8-11H2,1-3H3,(H,19,22)/t13-,15+/m0/s1. The van der Waals surface area contributed by atoms with Crippen molar-refractivity contribution in [2.24, 2.45) is 5.92 Å². The highest BCUT2D eigenvalue weighted by Crippen LogP contribution is 2.17. The summed E-state index contributed by atoms with van der Waals surface area (Å²) in [4.78, 5) is 12.4. The molecule has 0 bridgehead atoms. The summed E-state index contributed by atoms with van der Waals surface area (Å²) in [5.74, 6) is 0.0687. The molecule has 0 unspecified atom stereocenters. The lowest BCUT2D eigenvalue weighted by Crippen LogP contribution is -2.51. The van der Waals surface area contributed by atoms with Crippen molar-refractivity contribution in [1.82, 2.24) is 10.6 Å². The molecule has 1 heterocycles. The third-order valence-electron chi connectivity index (χ3n) is 4.19. The van der Waals surface area contributed by atoms with E-state index in [9.17, 15) is 9.90 Å². The zero-order valence-corrected chi connectivity index (χ0v) is 13.6. The monoisotopic (exact) mass is 305 g/mol. The van der Waals surface area contributed by atoms with Gasteiger partial charge in [-0.3, -0.25) is 4.79 Å². The van der Waals surface area contributed by atoms with Gasteiger partial charge in [0.1, 0.15) is 5.54 Å². The third-order valence-corrected chi connectivity index (χ3v) is 4.19. The Labute approximate surface area is 132 Å². The van der Waals surface area contributed by atoms with Crippen molar-refractivity contribution in [3.8, 4) is 0 Å². The lowest BCUT2D eigenvalue weighted by Gasteiger charge is -2.31. The Balaban J connectivity index is 1.88. The van der Waals surface area contributed by atoms with E-state index < -0.39 is 5.54 Å². The van der Waals surface area contributed by atoms with Crippen LogP contribution in [-0.4, -0.2) is 42.3 Å². The normalized spacial score (nSPS) is 22.2. The molecule has 22 heavy (non-hydrogen) atoms. The van der Waals surface area contributed by atoms with Gasteiger partial charge >= 0.3 is 0 Å². The summed E-state index contributed by atoms with van der Waals surface area (Å²) in [5.41, 5.74) is 1.41. The molecule has 2 rings (SSSR count). The minimum absolute atomic E-state index is 0.0567. The van der Waals surface area contributed by atoms with Gasteiger partial charge in [0.05, 0.1) is 6.10 Å². The van der Waals surface area contributed by atoms with Crippen molar-refractivity contribution in [3.05, 3.63) is 29.8 Å². The van der Waals surface area contributed by atoms with Crippen molar-refractivity contribution in [2.75, 3.05) is 25.0 Å². The van der Waals surface area contributed by atoms with Crippen LogP contribution in [0.5, 0.6) is 0 Å². The minimum Gasteiger partial charge on any atom is -0.391 e. The fraction of sp³-hybridized carbons (Fsp3) is 0.588. The number of hydrogen-bond donors (Lipinski definition) is 4. The van der Waals surface area contributed by atoms with Crippen molar-refractivity contribution < 1.29 is 9.90 Å². The summed E-state index contributed by atoms with van der Waals surface area (Å²) in [7, 11) is 0. The first-order valence-electron chi connectivity index (χ1n) is 7.90. The first-order chi connectivity index (χ1) is 10.4. The molecule has 1 amide bonds. The number of aryl methyl sites for hydroxylation is 1. The molecule has 0 radical (unpaired) electrons. The average molecular weight is 305 g/mol. The third kappa shape index (κ3) is 4.45. The van der Waals surface area contributed by atoms with E-state index >= 15 is 0 Å². The molecule has 0 spiro atoms. The fourth-order valence-electron chi connectivity index (χ4n) is 2.63. The molecule has 1 saturated heterocycles. The van der Waals surface area contributed by atoms with E-state index in [4.69, 9.17) is 0 Å². The Kier molecular flexibility index (Phi) is 5.42. The lowest BCUT2D eigenvalue weighted by molar-refractivity contribution is -0.124. The van der Waals surface area contributed by atoms with Crippen LogP contribution >= 0.6 is 0 Å². The molecule has 1 aromatic carbocycles. The van der Waals surface area contributed by atoms with Crippen LogP contribution in [0.1, 0.15) is 25.8 Å². The van der Waals surface area contributed by atoms with Crippen LogP contribution in [0.15, 0.2) is 24.3 Å². The molecule has 1 aliphatic rings. The van der Waals surface area contributed by atoms with Crippen LogP contribution < -0.4 is 16.0 Å². The van der Waals surface area contributed by atoms with Crippen LogP contribution in [0.25, 0.3) is 0 Å². The first kappa shape index (κ1) is 16.8. The van der Waals surface area contributed by atoms with Gasteiger partial charge in [-0.2, -0.15) is 0 Å². The molecular weight excluding hydrogens is 278 g/mol. The summed E-state index contributed by atoms with van der Waals surface area (Å²) >= 11 is 0. The quantitative estimate of drug-likeness (QED) is 0.661. The van der Waals surface area contributed by atoms with Gasteiger partial charge in [-0.05, 0) is 45.9 Å². The number of carbonyl (C=O) groups excluding carboxylic acids is 1. The van der Waals surface area contributed by atoms with E-state index in [1.807, 2.05) is 45.0 Å². The van der Waals surface area contributed by atoms with Crippen LogP contribution in [0.3, 0.4) is 0 Å². The van der Waals surface area contributed by atoms with E-state index in [1.165, 1.54) is 5.56 Å². The second-order valence-electron chi connectivity index (χ2n) is 6.65. The minimum atomic E-state index is -0.701. The van der Waals surface area contributed by atoms with Crippen molar-refractivity contribution in [1.29, 1.82) is 0 Å². The van der Waals surface area contributed by atoms with Crippen molar-refractivity contribution in [3.63, 3.8) is 0 Å². The topological polar surface area (TPSA) is 73.4 Å². The van der Waals surface area contributed by atoms with E-state index in [0.717, 1.165) is 18.7 Å². The number of benzene rings is 1. The molecule has 122 valence electrons. The molecule has 5 heteroatoms. The lowest BCUT2D eigenvalue weighted by atomic mass is 9.94. The Morgan fingerprint density at radius 2 is 2.05 bits per heavy atom. The molecular formula is C17H27N3O2. The number of aliphatic hydroxyl groups is 1. The number of hydrogen-bond acceptors (Lipinski definition) is 4. The predicted octanol–water partition coefficient (Wildman–Crippen LogP) is 1.27. The molecule has 0 saturated carbocycles. The molecule has 0 aromatic heterocycles. The maximum atomic E-state index is 12.4. The highest BCUT2D eigenvalue weighted by atomic mass is 16.3. The van der Waals surface area contributed by atoms with E-state index in [1.54, 1.807) is 0 Å². The van der Waals surface area contributed by atoms with Gasteiger partial charge in [-0.1, -0.05) is 17.7 Å². The summed E-state index contributed by atoms with van der Waals surface area (Å²) in [6.07, 6.45) is 0.495. The SMILES string of the molecule is Cc1ccc(NC(C)(C)C(=O)NC[C@@H]2CCNC[C@H]2O)cc1. The molecule has 1 aromatic rings. The van der Waals surface area contributed by atoms with Gasteiger partial charge in [-0.25, -0.2) is 0 Å². The van der Waals surface area contributed by atoms with E-state index in [-0.39, 0.29) is 17.9 Å². The smallest absolute Gasteiger partial charge is 0.245 e.